The van der Waals surface area contributed by atoms with Crippen molar-refractivity contribution in [2.24, 2.45) is 10.2 Å². The van der Waals surface area contributed by atoms with Crippen molar-refractivity contribution in [1.82, 2.24) is 25.1 Å². The second kappa shape index (κ2) is 10.2. The van der Waals surface area contributed by atoms with Crippen molar-refractivity contribution in [3.05, 3.63) is 59.7 Å². The molecule has 0 bridgehead atoms. The summed E-state index contributed by atoms with van der Waals surface area (Å²) in [6.07, 6.45) is 0.616. The van der Waals surface area contributed by atoms with Crippen LogP contribution in [0.5, 0.6) is 0 Å². The van der Waals surface area contributed by atoms with Crippen LogP contribution >= 0.6 is 23.5 Å². The van der Waals surface area contributed by atoms with Crippen LogP contribution in [0.4, 0.5) is 0 Å². The van der Waals surface area contributed by atoms with E-state index in [1.807, 2.05) is 37.3 Å². The Morgan fingerprint density at radius 2 is 1.91 bits per heavy atom. The number of rotatable bonds is 6. The van der Waals surface area contributed by atoms with Crippen LogP contribution in [-0.4, -0.2) is 47.5 Å². The Balaban J connectivity index is 1.31. The van der Waals surface area contributed by atoms with Crippen LogP contribution < -0.4 is 5.32 Å². The lowest BCUT2D eigenvalue weighted by Gasteiger charge is -2.16. The SMILES string of the molecule is CC[C@@H](Sc1nnc2c3ccccc3n(CC)c2n1)C(=O)NC1=NN=C(c2ccc(C)cc2)CS1. The number of carbonyl (C=O) groups excluding carboxylic acids is 1. The minimum atomic E-state index is -0.375. The first-order chi connectivity index (χ1) is 17.1. The number of amides is 1. The topological polar surface area (TPSA) is 97.4 Å². The summed E-state index contributed by atoms with van der Waals surface area (Å²) in [5, 5.41) is 21.9. The van der Waals surface area contributed by atoms with Crippen molar-refractivity contribution in [2.45, 2.75) is 44.1 Å². The van der Waals surface area contributed by atoms with E-state index in [4.69, 9.17) is 4.98 Å². The van der Waals surface area contributed by atoms with E-state index in [-0.39, 0.29) is 11.2 Å². The van der Waals surface area contributed by atoms with E-state index in [1.54, 1.807) is 0 Å². The van der Waals surface area contributed by atoms with Gasteiger partial charge in [0.2, 0.25) is 11.1 Å². The third-order valence-corrected chi connectivity index (χ3v) is 7.89. The highest BCUT2D eigenvalue weighted by molar-refractivity contribution is 8.14. The van der Waals surface area contributed by atoms with Gasteiger partial charge < -0.3 is 9.88 Å². The van der Waals surface area contributed by atoms with Crippen molar-refractivity contribution in [1.29, 1.82) is 0 Å². The van der Waals surface area contributed by atoms with E-state index in [9.17, 15) is 4.79 Å². The molecule has 1 aliphatic heterocycles. The Morgan fingerprint density at radius 1 is 1.11 bits per heavy atom. The second-order valence-electron chi connectivity index (χ2n) is 8.14. The molecule has 1 N–H and O–H groups in total. The third-order valence-electron chi connectivity index (χ3n) is 5.80. The summed E-state index contributed by atoms with van der Waals surface area (Å²) in [7, 11) is 0. The predicted octanol–water partition coefficient (Wildman–Crippen LogP) is 4.80. The van der Waals surface area contributed by atoms with Crippen LogP contribution in [0.15, 0.2) is 63.9 Å². The Hall–Kier alpha value is -3.24. The molecule has 10 heteroatoms. The van der Waals surface area contributed by atoms with Crippen LogP contribution in [0.1, 0.15) is 31.4 Å². The number of fused-ring (bicyclic) bond motifs is 3. The molecule has 0 radical (unpaired) electrons. The van der Waals surface area contributed by atoms with Crippen molar-refractivity contribution >= 4 is 62.4 Å². The van der Waals surface area contributed by atoms with Crippen LogP contribution in [-0.2, 0) is 11.3 Å². The molecular formula is C25H25N7OS2. The largest absolute Gasteiger partial charge is 0.324 e. The molecule has 3 heterocycles. The van der Waals surface area contributed by atoms with Gasteiger partial charge in [0.1, 0.15) is 5.52 Å². The summed E-state index contributed by atoms with van der Waals surface area (Å²) < 4.78 is 2.13. The van der Waals surface area contributed by atoms with Crippen LogP contribution in [0.2, 0.25) is 0 Å². The minimum absolute atomic E-state index is 0.141. The van der Waals surface area contributed by atoms with Crippen molar-refractivity contribution in [3.63, 3.8) is 0 Å². The Morgan fingerprint density at radius 3 is 2.63 bits per heavy atom. The van der Waals surface area contributed by atoms with E-state index < -0.39 is 0 Å². The van der Waals surface area contributed by atoms with Gasteiger partial charge in [0.15, 0.2) is 10.8 Å². The normalized spacial score (nSPS) is 14.6. The number of aromatic nitrogens is 4. The number of carbonyl (C=O) groups is 1. The van der Waals surface area contributed by atoms with Gasteiger partial charge in [0.25, 0.3) is 0 Å². The molecule has 35 heavy (non-hydrogen) atoms. The highest BCUT2D eigenvalue weighted by Crippen LogP contribution is 2.29. The standard InChI is InChI=1S/C25H25N7OS2/c1-4-20(23(33)27-24-30-28-18(14-34-24)16-12-10-15(3)11-13-16)35-25-26-22-21(29-31-25)17-8-6-7-9-19(17)32(22)5-2/h6-13,20H,4-5,14H2,1-3H3,(H,27,30,33)/t20-/m1/s1. The van der Waals surface area contributed by atoms with Crippen LogP contribution in [0.25, 0.3) is 22.1 Å². The Bertz CT molecular complexity index is 1460. The first-order valence-corrected chi connectivity index (χ1v) is 13.4. The molecule has 2 aromatic carbocycles. The number of thioether (sulfide) groups is 2. The number of amidine groups is 1. The summed E-state index contributed by atoms with van der Waals surface area (Å²) in [5.74, 6) is 0.509. The summed E-state index contributed by atoms with van der Waals surface area (Å²) in [6, 6.07) is 16.3. The van der Waals surface area contributed by atoms with E-state index >= 15 is 0 Å². The summed E-state index contributed by atoms with van der Waals surface area (Å²) >= 11 is 2.79. The fraction of sp³-hybridized carbons (Fsp3) is 0.280. The van der Waals surface area contributed by atoms with Crippen LogP contribution in [0, 0.1) is 6.92 Å². The first kappa shape index (κ1) is 23.5. The van der Waals surface area contributed by atoms with Gasteiger partial charge in [-0.05, 0) is 31.9 Å². The molecular weight excluding hydrogens is 478 g/mol. The van der Waals surface area contributed by atoms with Gasteiger partial charge in [0.05, 0.1) is 16.5 Å². The Labute approximate surface area is 211 Å². The van der Waals surface area contributed by atoms with E-state index in [1.165, 1.54) is 29.1 Å². The zero-order valence-corrected chi connectivity index (χ0v) is 21.4. The molecule has 178 valence electrons. The molecule has 0 unspecified atom stereocenters. The molecule has 0 aliphatic carbocycles. The summed E-state index contributed by atoms with van der Waals surface area (Å²) in [4.78, 5) is 17.8. The fourth-order valence-electron chi connectivity index (χ4n) is 3.94. The molecule has 2 aromatic heterocycles. The average molecular weight is 504 g/mol. The van der Waals surface area contributed by atoms with Crippen molar-refractivity contribution in [2.75, 3.05) is 5.75 Å². The highest BCUT2D eigenvalue weighted by atomic mass is 32.2. The molecule has 5 rings (SSSR count). The molecule has 1 atom stereocenters. The molecule has 0 saturated heterocycles. The lowest BCUT2D eigenvalue weighted by molar-refractivity contribution is -0.119. The number of para-hydroxylation sites is 1. The highest BCUT2D eigenvalue weighted by Gasteiger charge is 2.24. The quantitative estimate of drug-likeness (QED) is 0.380. The summed E-state index contributed by atoms with van der Waals surface area (Å²) in [5.41, 5.74) is 5.78. The van der Waals surface area contributed by atoms with Gasteiger partial charge in [-0.2, -0.15) is 5.10 Å². The maximum atomic E-state index is 13.0. The van der Waals surface area contributed by atoms with Gasteiger partial charge in [-0.1, -0.05) is 78.5 Å². The molecule has 4 aromatic rings. The zero-order chi connectivity index (χ0) is 24.4. The van der Waals surface area contributed by atoms with E-state index in [2.05, 4.69) is 62.3 Å². The Kier molecular flexibility index (Phi) is 6.83. The number of aryl methyl sites for hydroxylation is 2. The van der Waals surface area contributed by atoms with E-state index in [0.717, 1.165) is 39.9 Å². The van der Waals surface area contributed by atoms with Crippen LogP contribution in [0.3, 0.4) is 0 Å². The minimum Gasteiger partial charge on any atom is -0.324 e. The zero-order valence-electron chi connectivity index (χ0n) is 19.7. The molecule has 0 spiro atoms. The van der Waals surface area contributed by atoms with Crippen molar-refractivity contribution < 1.29 is 4.79 Å². The van der Waals surface area contributed by atoms with E-state index in [0.29, 0.717) is 22.5 Å². The average Bonchev–Trinajstić information content (AvgIpc) is 3.21. The van der Waals surface area contributed by atoms with Gasteiger partial charge in [-0.3, -0.25) is 4.79 Å². The van der Waals surface area contributed by atoms with Crippen molar-refractivity contribution in [3.8, 4) is 0 Å². The lowest BCUT2D eigenvalue weighted by atomic mass is 10.1. The number of hydrogen-bond acceptors (Lipinski definition) is 8. The smallest absolute Gasteiger partial charge is 0.239 e. The van der Waals surface area contributed by atoms with Gasteiger partial charge >= 0.3 is 0 Å². The third kappa shape index (κ3) is 4.81. The molecule has 1 aliphatic rings. The number of nitrogens with zero attached hydrogens (tertiary/aromatic N) is 6. The monoisotopic (exact) mass is 503 g/mol. The maximum Gasteiger partial charge on any atom is 0.239 e. The fourth-order valence-corrected chi connectivity index (χ4v) is 5.53. The lowest BCUT2D eigenvalue weighted by Crippen LogP contribution is -2.37. The maximum absolute atomic E-state index is 13.0. The predicted molar refractivity (Wildman–Crippen MR) is 144 cm³/mol. The van der Waals surface area contributed by atoms with Gasteiger partial charge in [-0.25, -0.2) is 4.98 Å². The number of benzene rings is 2. The molecule has 1 amide bonds. The molecule has 8 nitrogen and oxygen atoms in total. The van der Waals surface area contributed by atoms with Gasteiger partial charge in [0, 0.05) is 17.7 Å². The molecule has 0 fully saturated rings. The molecule has 0 saturated carbocycles. The number of nitrogens with one attached hydrogen (secondary N) is 1. The van der Waals surface area contributed by atoms with Gasteiger partial charge in [-0.15, -0.1) is 15.3 Å². The number of hydrogen-bond donors (Lipinski definition) is 1. The first-order valence-electron chi connectivity index (χ1n) is 11.5. The summed E-state index contributed by atoms with van der Waals surface area (Å²) in [6.45, 7) is 6.87. The second-order valence-corrected chi connectivity index (χ2v) is 10.3.